The smallest absolute Gasteiger partial charge is 0.335 e. The number of halogens is 2. The molecule has 0 saturated carbocycles. The Morgan fingerprint density at radius 3 is 2.62 bits per heavy atom. The first-order valence-corrected chi connectivity index (χ1v) is 7.47. The van der Waals surface area contributed by atoms with E-state index in [1.807, 2.05) is 0 Å². The van der Waals surface area contributed by atoms with Crippen molar-refractivity contribution in [2.45, 2.75) is 6.42 Å². The zero-order chi connectivity index (χ0) is 15.8. The highest BCUT2D eigenvalue weighted by Gasteiger charge is 2.34. The lowest BCUT2D eigenvalue weighted by Crippen LogP contribution is -2.25. The highest BCUT2D eigenvalue weighted by molar-refractivity contribution is 7.86. The largest absolute Gasteiger partial charge is 0.478 e. The molecule has 1 saturated heterocycles. The summed E-state index contributed by atoms with van der Waals surface area (Å²) in [5, 5.41) is 8.85. The third kappa shape index (κ3) is 3.75. The van der Waals surface area contributed by atoms with Crippen LogP contribution in [-0.4, -0.2) is 37.7 Å². The lowest BCUT2D eigenvalue weighted by atomic mass is 10.1. The summed E-state index contributed by atoms with van der Waals surface area (Å²) in [5.41, 5.74) is -0.324. The van der Waals surface area contributed by atoms with Gasteiger partial charge in [-0.05, 0) is 18.2 Å². The van der Waals surface area contributed by atoms with Gasteiger partial charge in [0.1, 0.15) is 5.82 Å². The van der Waals surface area contributed by atoms with Gasteiger partial charge in [-0.1, -0.05) is 0 Å². The summed E-state index contributed by atoms with van der Waals surface area (Å²) >= 11 is 0. The van der Waals surface area contributed by atoms with Crippen molar-refractivity contribution < 1.29 is 31.4 Å². The Labute approximate surface area is 119 Å². The molecule has 0 spiro atoms. The van der Waals surface area contributed by atoms with E-state index in [0.717, 1.165) is 23.1 Å². The molecule has 0 bridgehead atoms. The van der Waals surface area contributed by atoms with E-state index >= 15 is 0 Å². The average Bonchev–Trinajstić information content (AvgIpc) is 2.66. The van der Waals surface area contributed by atoms with E-state index in [1.165, 1.54) is 0 Å². The standard InChI is InChI=1S/C12H11F2NO5S/c13-9-2-8(12(17)18)3-10(4-9)15-5-7(1-11(15)16)6-21(14,19)20/h2-4,7H,1,5-6H2,(H,17,18). The number of hydrogen-bond acceptors (Lipinski definition) is 4. The van der Waals surface area contributed by atoms with E-state index in [2.05, 4.69) is 0 Å². The molecular weight excluding hydrogens is 308 g/mol. The fourth-order valence-electron chi connectivity index (χ4n) is 2.28. The number of amides is 1. The predicted molar refractivity (Wildman–Crippen MR) is 68.7 cm³/mol. The third-order valence-electron chi connectivity index (χ3n) is 3.08. The van der Waals surface area contributed by atoms with Crippen LogP contribution in [0.1, 0.15) is 16.8 Å². The topological polar surface area (TPSA) is 91.8 Å². The summed E-state index contributed by atoms with van der Waals surface area (Å²) < 4.78 is 47.2. The van der Waals surface area contributed by atoms with Crippen molar-refractivity contribution in [1.82, 2.24) is 0 Å². The lowest BCUT2D eigenvalue weighted by molar-refractivity contribution is -0.117. The molecule has 9 heteroatoms. The predicted octanol–water partition coefficient (Wildman–Crippen LogP) is 1.18. The molecule has 0 aromatic heterocycles. The van der Waals surface area contributed by atoms with Crippen LogP contribution in [0.3, 0.4) is 0 Å². The number of aromatic carboxylic acids is 1. The van der Waals surface area contributed by atoms with E-state index in [4.69, 9.17) is 5.11 Å². The molecule has 1 aliphatic heterocycles. The molecule has 0 radical (unpaired) electrons. The van der Waals surface area contributed by atoms with Crippen molar-refractivity contribution in [2.75, 3.05) is 17.2 Å². The van der Waals surface area contributed by atoms with Crippen molar-refractivity contribution in [3.05, 3.63) is 29.6 Å². The van der Waals surface area contributed by atoms with Gasteiger partial charge in [-0.25, -0.2) is 9.18 Å². The highest BCUT2D eigenvalue weighted by Crippen LogP contribution is 2.27. The van der Waals surface area contributed by atoms with Crippen molar-refractivity contribution in [3.63, 3.8) is 0 Å². The summed E-state index contributed by atoms with van der Waals surface area (Å²) in [7, 11) is -4.71. The fourth-order valence-corrected chi connectivity index (χ4v) is 3.06. The van der Waals surface area contributed by atoms with Crippen LogP contribution in [0.5, 0.6) is 0 Å². The molecule has 0 aliphatic carbocycles. The molecule has 1 fully saturated rings. The Morgan fingerprint density at radius 1 is 1.38 bits per heavy atom. The number of anilines is 1. The maximum atomic E-state index is 13.4. The van der Waals surface area contributed by atoms with Gasteiger partial charge in [-0.2, -0.15) is 8.42 Å². The normalized spacial score (nSPS) is 19.0. The van der Waals surface area contributed by atoms with E-state index in [0.29, 0.717) is 0 Å². The van der Waals surface area contributed by atoms with Gasteiger partial charge in [0, 0.05) is 24.6 Å². The Morgan fingerprint density at radius 2 is 2.05 bits per heavy atom. The fraction of sp³-hybridized carbons (Fsp3) is 0.333. The summed E-state index contributed by atoms with van der Waals surface area (Å²) in [4.78, 5) is 23.7. The number of rotatable bonds is 4. The molecule has 21 heavy (non-hydrogen) atoms. The molecule has 6 nitrogen and oxygen atoms in total. The summed E-state index contributed by atoms with van der Waals surface area (Å²) in [6.07, 6.45) is -0.192. The molecule has 1 heterocycles. The van der Waals surface area contributed by atoms with Crippen LogP contribution in [0.25, 0.3) is 0 Å². The lowest BCUT2D eigenvalue weighted by Gasteiger charge is -2.17. The number of carboxylic acid groups (broad SMARTS) is 1. The maximum Gasteiger partial charge on any atom is 0.335 e. The Balaban J connectivity index is 2.27. The van der Waals surface area contributed by atoms with Gasteiger partial charge >= 0.3 is 16.2 Å². The zero-order valence-corrected chi connectivity index (χ0v) is 11.4. The third-order valence-corrected chi connectivity index (χ3v) is 3.95. The molecule has 1 N–H and O–H groups in total. The molecule has 1 amide bonds. The molecule has 1 atom stereocenters. The minimum Gasteiger partial charge on any atom is -0.478 e. The van der Waals surface area contributed by atoms with Gasteiger partial charge < -0.3 is 10.0 Å². The Kier molecular flexibility index (Phi) is 3.95. The monoisotopic (exact) mass is 319 g/mol. The molecule has 2 rings (SSSR count). The SMILES string of the molecule is O=C(O)c1cc(F)cc(N2CC(CS(=O)(=O)F)CC2=O)c1. The number of carbonyl (C=O) groups is 2. The van der Waals surface area contributed by atoms with Crippen molar-refractivity contribution in [1.29, 1.82) is 0 Å². The van der Waals surface area contributed by atoms with E-state index < -0.39 is 39.6 Å². The minimum absolute atomic E-state index is 0.0103. The maximum absolute atomic E-state index is 13.4. The van der Waals surface area contributed by atoms with Gasteiger partial charge in [0.05, 0.1) is 11.3 Å². The van der Waals surface area contributed by atoms with Crippen LogP contribution in [0.4, 0.5) is 14.0 Å². The molecule has 1 unspecified atom stereocenters. The number of carboxylic acids is 1. The van der Waals surface area contributed by atoms with Gasteiger partial charge in [-0.3, -0.25) is 4.79 Å². The van der Waals surface area contributed by atoms with Crippen LogP contribution in [0.15, 0.2) is 18.2 Å². The van der Waals surface area contributed by atoms with Crippen molar-refractivity contribution in [3.8, 4) is 0 Å². The van der Waals surface area contributed by atoms with E-state index in [1.54, 1.807) is 0 Å². The molecule has 1 aromatic rings. The zero-order valence-electron chi connectivity index (χ0n) is 10.6. The van der Waals surface area contributed by atoms with E-state index in [9.17, 15) is 26.3 Å². The van der Waals surface area contributed by atoms with Crippen LogP contribution in [0, 0.1) is 11.7 Å². The second-order valence-electron chi connectivity index (χ2n) is 4.78. The average molecular weight is 319 g/mol. The van der Waals surface area contributed by atoms with Gasteiger partial charge in [-0.15, -0.1) is 3.89 Å². The summed E-state index contributed by atoms with van der Waals surface area (Å²) in [6.45, 7) is -0.107. The van der Waals surface area contributed by atoms with Crippen LogP contribution >= 0.6 is 0 Å². The Bertz CT molecular complexity index is 704. The quantitative estimate of drug-likeness (QED) is 0.841. The van der Waals surface area contributed by atoms with Crippen LogP contribution in [-0.2, 0) is 15.0 Å². The molecular formula is C12H11F2NO5S. The first kappa shape index (κ1) is 15.4. The minimum atomic E-state index is -4.71. The first-order valence-electron chi connectivity index (χ1n) is 5.92. The number of carbonyl (C=O) groups excluding carboxylic acids is 1. The van der Waals surface area contributed by atoms with Gasteiger partial charge in [0.25, 0.3) is 0 Å². The van der Waals surface area contributed by atoms with Crippen molar-refractivity contribution in [2.24, 2.45) is 5.92 Å². The summed E-state index contributed by atoms with van der Waals surface area (Å²) in [6, 6.07) is 2.88. The second kappa shape index (κ2) is 5.40. The van der Waals surface area contributed by atoms with Crippen molar-refractivity contribution >= 4 is 27.8 Å². The van der Waals surface area contributed by atoms with Crippen LogP contribution in [0.2, 0.25) is 0 Å². The number of nitrogens with zero attached hydrogens (tertiary/aromatic N) is 1. The Hall–Kier alpha value is -2.03. The molecule has 114 valence electrons. The first-order chi connectivity index (χ1) is 9.65. The van der Waals surface area contributed by atoms with Gasteiger partial charge in [0.2, 0.25) is 5.91 Å². The summed E-state index contributed by atoms with van der Waals surface area (Å²) in [5.74, 6) is -4.24. The molecule has 1 aromatic carbocycles. The highest BCUT2D eigenvalue weighted by atomic mass is 32.3. The molecule has 1 aliphatic rings. The number of hydrogen-bond donors (Lipinski definition) is 1. The second-order valence-corrected chi connectivity index (χ2v) is 6.19. The number of benzene rings is 1. The van der Waals surface area contributed by atoms with Crippen LogP contribution < -0.4 is 4.90 Å². The van der Waals surface area contributed by atoms with E-state index in [-0.39, 0.29) is 24.2 Å². The van der Waals surface area contributed by atoms with Gasteiger partial charge in [0.15, 0.2) is 0 Å².